The van der Waals surface area contributed by atoms with E-state index < -0.39 is 0 Å². The molecule has 4 nitrogen and oxygen atoms in total. The molecule has 0 fully saturated rings. The lowest BCUT2D eigenvalue weighted by atomic mass is 10.1. The fourth-order valence-corrected chi connectivity index (χ4v) is 2.60. The summed E-state index contributed by atoms with van der Waals surface area (Å²) in [6.07, 6.45) is 1.63. The first-order chi connectivity index (χ1) is 11.8. The SMILES string of the molecule is O=C(N/N=C/c1cccs1)c1ccc(COc2ccccc2)cc1. The topological polar surface area (TPSA) is 50.7 Å². The van der Waals surface area contributed by atoms with E-state index in [-0.39, 0.29) is 5.91 Å². The lowest BCUT2D eigenvalue weighted by molar-refractivity contribution is 0.0955. The van der Waals surface area contributed by atoms with Crippen molar-refractivity contribution in [3.63, 3.8) is 0 Å². The number of hydrogen-bond acceptors (Lipinski definition) is 4. The highest BCUT2D eigenvalue weighted by atomic mass is 32.1. The van der Waals surface area contributed by atoms with E-state index >= 15 is 0 Å². The number of nitrogens with zero attached hydrogens (tertiary/aromatic N) is 1. The second-order valence-corrected chi connectivity index (χ2v) is 5.99. The Hall–Kier alpha value is -2.92. The summed E-state index contributed by atoms with van der Waals surface area (Å²) in [6, 6.07) is 20.8. The molecular formula is C19H16N2O2S. The van der Waals surface area contributed by atoms with Crippen LogP contribution < -0.4 is 10.2 Å². The van der Waals surface area contributed by atoms with Crippen LogP contribution in [-0.4, -0.2) is 12.1 Å². The van der Waals surface area contributed by atoms with E-state index in [0.717, 1.165) is 16.2 Å². The molecule has 3 aromatic rings. The number of amides is 1. The molecule has 0 atom stereocenters. The van der Waals surface area contributed by atoms with Crippen molar-refractivity contribution in [3.8, 4) is 5.75 Å². The third kappa shape index (κ3) is 4.54. The van der Waals surface area contributed by atoms with Gasteiger partial charge in [-0.3, -0.25) is 4.79 Å². The number of ether oxygens (including phenoxy) is 1. The molecule has 0 spiro atoms. The predicted molar refractivity (Wildman–Crippen MR) is 96.6 cm³/mol. The van der Waals surface area contributed by atoms with Gasteiger partial charge in [0.05, 0.1) is 6.21 Å². The smallest absolute Gasteiger partial charge is 0.271 e. The van der Waals surface area contributed by atoms with Gasteiger partial charge in [0, 0.05) is 10.4 Å². The van der Waals surface area contributed by atoms with Gasteiger partial charge < -0.3 is 4.74 Å². The Kier molecular flexibility index (Phi) is 5.37. The van der Waals surface area contributed by atoms with Gasteiger partial charge in [-0.25, -0.2) is 5.43 Å². The molecule has 1 heterocycles. The van der Waals surface area contributed by atoms with Crippen LogP contribution in [0.4, 0.5) is 0 Å². The van der Waals surface area contributed by atoms with Gasteiger partial charge in [0.15, 0.2) is 0 Å². The Balaban J connectivity index is 1.52. The Morgan fingerprint density at radius 1 is 1.04 bits per heavy atom. The molecule has 1 aromatic heterocycles. The number of carbonyl (C=O) groups excluding carboxylic acids is 1. The van der Waals surface area contributed by atoms with Crippen LogP contribution in [0.2, 0.25) is 0 Å². The van der Waals surface area contributed by atoms with Crippen molar-refractivity contribution in [1.82, 2.24) is 5.43 Å². The molecule has 120 valence electrons. The third-order valence-electron chi connectivity index (χ3n) is 3.27. The number of nitrogens with one attached hydrogen (secondary N) is 1. The molecule has 1 N–H and O–H groups in total. The zero-order valence-corrected chi connectivity index (χ0v) is 13.7. The van der Waals surface area contributed by atoms with E-state index in [1.165, 1.54) is 0 Å². The van der Waals surface area contributed by atoms with Gasteiger partial charge >= 0.3 is 0 Å². The van der Waals surface area contributed by atoms with Gasteiger partial charge in [0.1, 0.15) is 12.4 Å². The second kappa shape index (κ2) is 8.08. The fourth-order valence-electron chi connectivity index (χ4n) is 2.02. The molecule has 1 amide bonds. The Labute approximate surface area is 144 Å². The highest BCUT2D eigenvalue weighted by Gasteiger charge is 2.04. The molecule has 0 aliphatic carbocycles. The maximum absolute atomic E-state index is 12.0. The molecule has 0 aliphatic rings. The van der Waals surface area contributed by atoms with Crippen molar-refractivity contribution in [3.05, 3.63) is 88.1 Å². The number of hydrazone groups is 1. The van der Waals surface area contributed by atoms with Crippen LogP contribution in [0.5, 0.6) is 5.75 Å². The minimum absolute atomic E-state index is 0.238. The van der Waals surface area contributed by atoms with Crippen molar-refractivity contribution in [2.24, 2.45) is 5.10 Å². The van der Waals surface area contributed by atoms with Crippen molar-refractivity contribution in [1.29, 1.82) is 0 Å². The normalized spacial score (nSPS) is 10.7. The van der Waals surface area contributed by atoms with Crippen LogP contribution in [0.15, 0.2) is 77.2 Å². The molecule has 0 radical (unpaired) electrons. The zero-order valence-electron chi connectivity index (χ0n) is 12.9. The first-order valence-electron chi connectivity index (χ1n) is 7.45. The van der Waals surface area contributed by atoms with E-state index in [0.29, 0.717) is 12.2 Å². The van der Waals surface area contributed by atoms with Crippen LogP contribution in [0, 0.1) is 0 Å². The molecule has 3 rings (SSSR count). The number of carbonyl (C=O) groups is 1. The summed E-state index contributed by atoms with van der Waals surface area (Å²) < 4.78 is 5.68. The van der Waals surface area contributed by atoms with Gasteiger partial charge in [-0.2, -0.15) is 5.10 Å². The molecule has 0 aliphatic heterocycles. The quantitative estimate of drug-likeness (QED) is 0.544. The number of benzene rings is 2. The van der Waals surface area contributed by atoms with E-state index in [1.54, 1.807) is 29.7 Å². The average Bonchev–Trinajstić information content (AvgIpc) is 3.15. The number of thiophene rings is 1. The molecule has 2 aromatic carbocycles. The second-order valence-electron chi connectivity index (χ2n) is 5.01. The molecule has 24 heavy (non-hydrogen) atoms. The molecule has 0 saturated carbocycles. The fraction of sp³-hybridized carbons (Fsp3) is 0.0526. The third-order valence-corrected chi connectivity index (χ3v) is 4.07. The van der Waals surface area contributed by atoms with Crippen LogP contribution in [0.25, 0.3) is 0 Å². The summed E-state index contributed by atoms with van der Waals surface area (Å²) in [5, 5.41) is 5.91. The van der Waals surface area contributed by atoms with Crippen LogP contribution in [0.3, 0.4) is 0 Å². The molecule has 5 heteroatoms. The summed E-state index contributed by atoms with van der Waals surface area (Å²) in [7, 11) is 0. The standard InChI is InChI=1S/C19H16N2O2S/c22-19(21-20-13-18-7-4-12-24-18)16-10-8-15(9-11-16)14-23-17-5-2-1-3-6-17/h1-13H,14H2,(H,21,22)/b20-13+. The number of hydrogen-bond donors (Lipinski definition) is 1. The summed E-state index contributed by atoms with van der Waals surface area (Å²) in [5.74, 6) is 0.584. The summed E-state index contributed by atoms with van der Waals surface area (Å²) >= 11 is 1.56. The largest absolute Gasteiger partial charge is 0.489 e. The van der Waals surface area contributed by atoms with Gasteiger partial charge in [0.25, 0.3) is 5.91 Å². The maximum Gasteiger partial charge on any atom is 0.271 e. The maximum atomic E-state index is 12.0. The molecule has 0 saturated heterocycles. The van der Waals surface area contributed by atoms with Crippen LogP contribution in [0.1, 0.15) is 20.8 Å². The van der Waals surface area contributed by atoms with E-state index in [1.807, 2.05) is 60.0 Å². The molecule has 0 bridgehead atoms. The minimum Gasteiger partial charge on any atom is -0.489 e. The van der Waals surface area contributed by atoms with Gasteiger partial charge in [-0.05, 0) is 41.3 Å². The van der Waals surface area contributed by atoms with Gasteiger partial charge in [0.2, 0.25) is 0 Å². The van der Waals surface area contributed by atoms with Crippen LogP contribution >= 0.6 is 11.3 Å². The van der Waals surface area contributed by atoms with E-state index in [9.17, 15) is 4.79 Å². The number of rotatable bonds is 6. The first kappa shape index (κ1) is 16.0. The van der Waals surface area contributed by atoms with Gasteiger partial charge in [-0.15, -0.1) is 11.3 Å². The average molecular weight is 336 g/mol. The summed E-state index contributed by atoms with van der Waals surface area (Å²) in [4.78, 5) is 13.0. The van der Waals surface area contributed by atoms with E-state index in [2.05, 4.69) is 10.5 Å². The lowest BCUT2D eigenvalue weighted by Crippen LogP contribution is -2.17. The van der Waals surface area contributed by atoms with Crippen LogP contribution in [-0.2, 0) is 6.61 Å². The first-order valence-corrected chi connectivity index (χ1v) is 8.33. The lowest BCUT2D eigenvalue weighted by Gasteiger charge is -2.06. The van der Waals surface area contributed by atoms with E-state index in [4.69, 9.17) is 4.74 Å². The van der Waals surface area contributed by atoms with Crippen molar-refractivity contribution in [2.45, 2.75) is 6.61 Å². The summed E-state index contributed by atoms with van der Waals surface area (Å²) in [6.45, 7) is 0.461. The predicted octanol–water partition coefficient (Wildman–Crippen LogP) is 4.09. The highest BCUT2D eigenvalue weighted by molar-refractivity contribution is 7.11. The molecular weight excluding hydrogens is 320 g/mol. The Bertz CT molecular complexity index is 797. The minimum atomic E-state index is -0.238. The van der Waals surface area contributed by atoms with Gasteiger partial charge in [-0.1, -0.05) is 36.4 Å². The highest BCUT2D eigenvalue weighted by Crippen LogP contribution is 2.12. The number of para-hydroxylation sites is 1. The Morgan fingerprint density at radius 2 is 1.83 bits per heavy atom. The van der Waals surface area contributed by atoms with Crippen molar-refractivity contribution < 1.29 is 9.53 Å². The Morgan fingerprint density at radius 3 is 2.54 bits per heavy atom. The summed E-state index contributed by atoms with van der Waals surface area (Å²) in [5.41, 5.74) is 4.08. The zero-order chi connectivity index (χ0) is 16.6. The van der Waals surface area contributed by atoms with Crippen molar-refractivity contribution >= 4 is 23.5 Å². The van der Waals surface area contributed by atoms with Crippen molar-refractivity contribution in [2.75, 3.05) is 0 Å². The monoisotopic (exact) mass is 336 g/mol. The molecule has 0 unspecified atom stereocenters.